The Morgan fingerprint density at radius 1 is 1.07 bits per heavy atom. The number of hydrogen-bond donors (Lipinski definition) is 2. The van der Waals surface area contributed by atoms with E-state index in [1.54, 1.807) is 30.3 Å². The number of rotatable bonds is 8. The number of aryl methyl sites for hydroxylation is 1. The maximum atomic E-state index is 12.5. The summed E-state index contributed by atoms with van der Waals surface area (Å²) in [5.74, 6) is 0.764. The first-order chi connectivity index (χ1) is 13.1. The Hall–Kier alpha value is -2.82. The first kappa shape index (κ1) is 19.0. The third kappa shape index (κ3) is 5.33. The fourth-order valence-corrected chi connectivity index (χ4v) is 2.65. The second kappa shape index (κ2) is 8.71. The van der Waals surface area contributed by atoms with E-state index in [0.717, 1.165) is 42.7 Å². The van der Waals surface area contributed by atoms with Crippen LogP contribution in [0.3, 0.4) is 0 Å². The molecule has 27 heavy (non-hydrogen) atoms. The maximum absolute atomic E-state index is 12.5. The first-order valence-corrected chi connectivity index (χ1v) is 9.52. The second-order valence-corrected chi connectivity index (χ2v) is 6.97. The molecule has 1 saturated carbocycles. The van der Waals surface area contributed by atoms with E-state index in [9.17, 15) is 9.59 Å². The van der Waals surface area contributed by atoms with Crippen molar-refractivity contribution in [2.75, 3.05) is 17.2 Å². The third-order valence-electron chi connectivity index (χ3n) is 4.58. The van der Waals surface area contributed by atoms with Gasteiger partial charge in [-0.25, -0.2) is 0 Å². The van der Waals surface area contributed by atoms with Gasteiger partial charge in [0.1, 0.15) is 5.75 Å². The minimum Gasteiger partial charge on any atom is -0.494 e. The number of anilines is 2. The molecular formula is C22H26N2O3. The molecule has 2 aromatic carbocycles. The lowest BCUT2D eigenvalue weighted by Crippen LogP contribution is -2.15. The van der Waals surface area contributed by atoms with E-state index in [0.29, 0.717) is 17.9 Å². The molecule has 1 aliphatic carbocycles. The summed E-state index contributed by atoms with van der Waals surface area (Å²) in [5.41, 5.74) is 2.92. The van der Waals surface area contributed by atoms with Crippen molar-refractivity contribution in [1.82, 2.24) is 0 Å². The lowest BCUT2D eigenvalue weighted by molar-refractivity contribution is -0.117. The zero-order chi connectivity index (χ0) is 19.2. The van der Waals surface area contributed by atoms with Gasteiger partial charge in [-0.3, -0.25) is 9.59 Å². The van der Waals surface area contributed by atoms with Gasteiger partial charge in [-0.1, -0.05) is 19.4 Å². The van der Waals surface area contributed by atoms with Gasteiger partial charge in [-0.2, -0.15) is 0 Å². The average Bonchev–Trinajstić information content (AvgIpc) is 3.50. The topological polar surface area (TPSA) is 67.4 Å². The molecule has 0 radical (unpaired) electrons. The number of nitrogens with one attached hydrogen (secondary N) is 2. The van der Waals surface area contributed by atoms with Crippen LogP contribution in [0.5, 0.6) is 5.75 Å². The summed E-state index contributed by atoms with van der Waals surface area (Å²) in [6, 6.07) is 12.6. The summed E-state index contributed by atoms with van der Waals surface area (Å²) in [7, 11) is 0. The van der Waals surface area contributed by atoms with E-state index in [1.807, 2.05) is 19.1 Å². The fraction of sp³-hybridized carbons (Fsp3) is 0.364. The van der Waals surface area contributed by atoms with Crippen LogP contribution in [0.4, 0.5) is 11.4 Å². The number of unbranched alkanes of at least 4 members (excludes halogenated alkanes) is 1. The van der Waals surface area contributed by atoms with Crippen LogP contribution in [0.15, 0.2) is 42.5 Å². The van der Waals surface area contributed by atoms with Gasteiger partial charge in [0.05, 0.1) is 6.61 Å². The van der Waals surface area contributed by atoms with Crippen LogP contribution < -0.4 is 15.4 Å². The predicted molar refractivity (Wildman–Crippen MR) is 107 cm³/mol. The van der Waals surface area contributed by atoms with Crippen LogP contribution in [-0.4, -0.2) is 18.4 Å². The van der Waals surface area contributed by atoms with Crippen molar-refractivity contribution in [3.8, 4) is 5.75 Å². The van der Waals surface area contributed by atoms with E-state index in [1.165, 1.54) is 0 Å². The first-order valence-electron chi connectivity index (χ1n) is 9.52. The van der Waals surface area contributed by atoms with Crippen molar-refractivity contribution in [2.45, 2.75) is 39.5 Å². The summed E-state index contributed by atoms with van der Waals surface area (Å²) in [6.07, 6.45) is 4.01. The quantitative estimate of drug-likeness (QED) is 0.661. The molecule has 1 fully saturated rings. The van der Waals surface area contributed by atoms with E-state index in [-0.39, 0.29) is 17.7 Å². The molecule has 1 aliphatic rings. The number of hydrogen-bond acceptors (Lipinski definition) is 3. The smallest absolute Gasteiger partial charge is 0.255 e. The monoisotopic (exact) mass is 366 g/mol. The largest absolute Gasteiger partial charge is 0.494 e. The zero-order valence-electron chi connectivity index (χ0n) is 15.9. The van der Waals surface area contributed by atoms with E-state index < -0.39 is 0 Å². The van der Waals surface area contributed by atoms with Gasteiger partial charge in [0.15, 0.2) is 0 Å². The third-order valence-corrected chi connectivity index (χ3v) is 4.58. The minimum atomic E-state index is -0.196. The Kier molecular flexibility index (Phi) is 6.12. The van der Waals surface area contributed by atoms with E-state index in [2.05, 4.69) is 17.6 Å². The lowest BCUT2D eigenvalue weighted by Gasteiger charge is -2.12. The summed E-state index contributed by atoms with van der Waals surface area (Å²) in [5, 5.41) is 5.84. The lowest BCUT2D eigenvalue weighted by atomic mass is 10.1. The predicted octanol–water partition coefficient (Wildman–Crippen LogP) is 4.77. The summed E-state index contributed by atoms with van der Waals surface area (Å²) in [4.78, 5) is 24.5. The number of carbonyl (C=O) groups is 2. The zero-order valence-corrected chi connectivity index (χ0v) is 15.9. The van der Waals surface area contributed by atoms with Crippen molar-refractivity contribution < 1.29 is 14.3 Å². The summed E-state index contributed by atoms with van der Waals surface area (Å²) < 4.78 is 5.62. The molecule has 142 valence electrons. The van der Waals surface area contributed by atoms with Crippen LogP contribution in [0.2, 0.25) is 0 Å². The number of carbonyl (C=O) groups excluding carboxylic acids is 2. The van der Waals surface area contributed by atoms with Crippen LogP contribution in [0.25, 0.3) is 0 Å². The van der Waals surface area contributed by atoms with Crippen LogP contribution in [0.1, 0.15) is 48.5 Å². The molecule has 0 heterocycles. The average molecular weight is 366 g/mol. The molecule has 0 bridgehead atoms. The Morgan fingerprint density at radius 2 is 1.81 bits per heavy atom. The van der Waals surface area contributed by atoms with Gasteiger partial charge in [0.2, 0.25) is 5.91 Å². The van der Waals surface area contributed by atoms with Crippen molar-refractivity contribution >= 4 is 23.2 Å². The minimum absolute atomic E-state index is 0.0558. The van der Waals surface area contributed by atoms with Gasteiger partial charge >= 0.3 is 0 Å². The maximum Gasteiger partial charge on any atom is 0.255 e. The SMILES string of the molecule is CCCCOc1ccc(C(=O)Nc2ccc(C)c(NC(=O)C3CC3)c2)cc1. The Bertz CT molecular complexity index is 811. The number of benzene rings is 2. The van der Waals surface area contributed by atoms with Gasteiger partial charge in [0, 0.05) is 22.9 Å². The number of amides is 2. The van der Waals surface area contributed by atoms with Gasteiger partial charge in [-0.05, 0) is 68.1 Å². The standard InChI is InChI=1S/C22H26N2O3/c1-3-4-13-27-19-11-8-17(9-12-19)21(25)23-18-10-5-15(2)20(14-18)24-22(26)16-6-7-16/h5,8-12,14,16H,3-4,6-7,13H2,1-2H3,(H,23,25)(H,24,26). The molecule has 0 spiro atoms. The fourth-order valence-electron chi connectivity index (χ4n) is 2.65. The molecule has 0 unspecified atom stereocenters. The van der Waals surface area contributed by atoms with Gasteiger partial charge < -0.3 is 15.4 Å². The van der Waals surface area contributed by atoms with E-state index >= 15 is 0 Å². The number of ether oxygens (including phenoxy) is 1. The van der Waals surface area contributed by atoms with Crippen LogP contribution in [-0.2, 0) is 4.79 Å². The molecule has 0 saturated heterocycles. The molecule has 5 nitrogen and oxygen atoms in total. The molecule has 0 aliphatic heterocycles. The summed E-state index contributed by atoms with van der Waals surface area (Å²) in [6.45, 7) is 4.73. The van der Waals surface area contributed by atoms with Crippen molar-refractivity contribution in [2.24, 2.45) is 5.92 Å². The molecule has 0 aromatic heterocycles. The Morgan fingerprint density at radius 3 is 2.48 bits per heavy atom. The van der Waals surface area contributed by atoms with E-state index in [4.69, 9.17) is 4.74 Å². The van der Waals surface area contributed by atoms with Crippen LogP contribution in [0, 0.1) is 12.8 Å². The molecule has 5 heteroatoms. The van der Waals surface area contributed by atoms with Crippen LogP contribution >= 0.6 is 0 Å². The molecule has 2 amide bonds. The Labute approximate surface area is 160 Å². The van der Waals surface area contributed by atoms with Crippen molar-refractivity contribution in [1.29, 1.82) is 0 Å². The van der Waals surface area contributed by atoms with Gasteiger partial charge in [-0.15, -0.1) is 0 Å². The molecular weight excluding hydrogens is 340 g/mol. The molecule has 2 N–H and O–H groups in total. The highest BCUT2D eigenvalue weighted by atomic mass is 16.5. The normalized spacial score (nSPS) is 13.1. The molecule has 2 aromatic rings. The van der Waals surface area contributed by atoms with Gasteiger partial charge in [0.25, 0.3) is 5.91 Å². The summed E-state index contributed by atoms with van der Waals surface area (Å²) >= 11 is 0. The van der Waals surface area contributed by atoms with Crippen molar-refractivity contribution in [3.63, 3.8) is 0 Å². The van der Waals surface area contributed by atoms with Crippen molar-refractivity contribution in [3.05, 3.63) is 53.6 Å². The molecule has 0 atom stereocenters. The second-order valence-electron chi connectivity index (χ2n) is 6.97. The highest BCUT2D eigenvalue weighted by Crippen LogP contribution is 2.31. The highest BCUT2D eigenvalue weighted by molar-refractivity contribution is 6.05. The Balaban J connectivity index is 1.62. The highest BCUT2D eigenvalue weighted by Gasteiger charge is 2.29. The molecule has 3 rings (SSSR count).